The van der Waals surface area contributed by atoms with Crippen molar-refractivity contribution in [2.45, 2.75) is 52.4 Å². The molecule has 0 aliphatic heterocycles. The first-order valence-electron chi connectivity index (χ1n) is 5.61. The summed E-state index contributed by atoms with van der Waals surface area (Å²) < 4.78 is 4.89. The fourth-order valence-corrected chi connectivity index (χ4v) is 1.12. The van der Waals surface area contributed by atoms with Gasteiger partial charge in [0, 0.05) is 6.42 Å². The Morgan fingerprint density at radius 1 is 1.14 bits per heavy atom. The zero-order chi connectivity index (χ0) is 10.6. The van der Waals surface area contributed by atoms with Crippen molar-refractivity contribution in [1.82, 2.24) is 0 Å². The molecule has 0 saturated heterocycles. The predicted molar refractivity (Wildman–Crippen MR) is 59.1 cm³/mol. The lowest BCUT2D eigenvalue weighted by Gasteiger charge is -1.97. The van der Waals surface area contributed by atoms with Crippen molar-refractivity contribution in [2.75, 3.05) is 6.61 Å². The maximum absolute atomic E-state index is 10.7. The smallest absolute Gasteiger partial charge is 0.305 e. The minimum absolute atomic E-state index is 0.124. The fourth-order valence-electron chi connectivity index (χ4n) is 1.12. The first-order valence-corrected chi connectivity index (χ1v) is 5.61. The molecule has 0 amide bonds. The van der Waals surface area contributed by atoms with Crippen LogP contribution in [0, 0.1) is 0 Å². The van der Waals surface area contributed by atoms with Crippen molar-refractivity contribution >= 4 is 5.97 Å². The molecule has 0 aromatic carbocycles. The molecule has 0 aliphatic carbocycles. The summed E-state index contributed by atoms with van der Waals surface area (Å²) in [4.78, 5) is 10.7. The third-order valence-electron chi connectivity index (χ3n) is 2.02. The van der Waals surface area contributed by atoms with Crippen molar-refractivity contribution < 1.29 is 9.53 Å². The van der Waals surface area contributed by atoms with Crippen LogP contribution in [0.15, 0.2) is 12.2 Å². The van der Waals surface area contributed by atoms with E-state index in [1.807, 2.05) is 6.08 Å². The fraction of sp³-hybridized carbons (Fsp3) is 0.750. The Kier molecular flexibility index (Phi) is 9.71. The Morgan fingerprint density at radius 2 is 1.93 bits per heavy atom. The summed E-state index contributed by atoms with van der Waals surface area (Å²) in [7, 11) is 0. The Morgan fingerprint density at radius 3 is 2.57 bits per heavy atom. The van der Waals surface area contributed by atoms with Crippen LogP contribution >= 0.6 is 0 Å². The van der Waals surface area contributed by atoms with Gasteiger partial charge in [-0.15, -0.1) is 0 Å². The van der Waals surface area contributed by atoms with E-state index < -0.39 is 0 Å². The molecule has 0 N–H and O–H groups in total. The van der Waals surface area contributed by atoms with Gasteiger partial charge in [-0.05, 0) is 12.8 Å². The number of carbonyl (C=O) groups is 1. The molecule has 14 heavy (non-hydrogen) atoms. The lowest BCUT2D eigenvalue weighted by Crippen LogP contribution is -2.01. The summed E-state index contributed by atoms with van der Waals surface area (Å²) in [6.07, 6.45) is 10.7. The van der Waals surface area contributed by atoms with E-state index in [0.717, 1.165) is 6.42 Å². The molecule has 0 atom stereocenters. The highest BCUT2D eigenvalue weighted by Crippen LogP contribution is 2.02. The lowest BCUT2D eigenvalue weighted by molar-refractivity contribution is -0.141. The van der Waals surface area contributed by atoms with Crippen molar-refractivity contribution in [3.05, 3.63) is 12.2 Å². The van der Waals surface area contributed by atoms with Crippen LogP contribution in [0.4, 0.5) is 0 Å². The number of ether oxygens (including phenoxy) is 1. The Balaban J connectivity index is 3.15. The molecule has 2 heteroatoms. The third-order valence-corrected chi connectivity index (χ3v) is 2.02. The lowest BCUT2D eigenvalue weighted by atomic mass is 10.1. The van der Waals surface area contributed by atoms with Gasteiger partial charge in [0.1, 0.15) is 6.61 Å². The van der Waals surface area contributed by atoms with Crippen LogP contribution in [-0.2, 0) is 9.53 Å². The van der Waals surface area contributed by atoms with Gasteiger partial charge in [-0.3, -0.25) is 4.79 Å². The largest absolute Gasteiger partial charge is 0.461 e. The predicted octanol–water partition coefficient (Wildman–Crippen LogP) is 3.47. The van der Waals surface area contributed by atoms with E-state index in [2.05, 4.69) is 13.0 Å². The van der Waals surface area contributed by atoms with Gasteiger partial charge in [0.15, 0.2) is 0 Å². The standard InChI is InChI=1S/C12H22O2/c1-3-5-6-7-8-9-10-11-14-12(13)4-2/h9-10H,3-8,11H2,1-2H3/b10-9+. The quantitative estimate of drug-likeness (QED) is 0.339. The van der Waals surface area contributed by atoms with Crippen LogP contribution in [-0.4, -0.2) is 12.6 Å². The first-order chi connectivity index (χ1) is 6.81. The van der Waals surface area contributed by atoms with Crippen molar-refractivity contribution in [3.8, 4) is 0 Å². The Bertz CT molecular complexity index is 162. The Labute approximate surface area is 87.3 Å². The van der Waals surface area contributed by atoms with Crippen LogP contribution in [0.5, 0.6) is 0 Å². The van der Waals surface area contributed by atoms with Crippen molar-refractivity contribution in [1.29, 1.82) is 0 Å². The SMILES string of the molecule is CCCCCC/C=C/COC(=O)CC. The van der Waals surface area contributed by atoms with E-state index >= 15 is 0 Å². The molecule has 0 radical (unpaired) electrons. The maximum atomic E-state index is 10.7. The average Bonchev–Trinajstić information content (AvgIpc) is 2.21. The van der Waals surface area contributed by atoms with E-state index in [4.69, 9.17) is 4.74 Å². The monoisotopic (exact) mass is 198 g/mol. The molecular formula is C12H22O2. The maximum Gasteiger partial charge on any atom is 0.305 e. The number of hydrogen-bond donors (Lipinski definition) is 0. The molecule has 0 unspecified atom stereocenters. The summed E-state index contributed by atoms with van der Waals surface area (Å²) >= 11 is 0. The summed E-state index contributed by atoms with van der Waals surface area (Å²) in [5.74, 6) is -0.124. The minimum Gasteiger partial charge on any atom is -0.461 e. The van der Waals surface area contributed by atoms with Crippen LogP contribution in [0.1, 0.15) is 52.4 Å². The summed E-state index contributed by atoms with van der Waals surface area (Å²) in [6.45, 7) is 4.44. The molecule has 0 aromatic heterocycles. The van der Waals surface area contributed by atoms with E-state index in [9.17, 15) is 4.79 Å². The first kappa shape index (κ1) is 13.2. The Hall–Kier alpha value is -0.790. The van der Waals surface area contributed by atoms with Crippen molar-refractivity contribution in [2.24, 2.45) is 0 Å². The molecule has 0 saturated carbocycles. The molecule has 0 heterocycles. The molecule has 0 fully saturated rings. The summed E-state index contributed by atoms with van der Waals surface area (Å²) in [5.41, 5.74) is 0. The van der Waals surface area contributed by atoms with Gasteiger partial charge in [0.25, 0.3) is 0 Å². The summed E-state index contributed by atoms with van der Waals surface area (Å²) in [6, 6.07) is 0. The van der Waals surface area contributed by atoms with Gasteiger partial charge in [-0.25, -0.2) is 0 Å². The molecular weight excluding hydrogens is 176 g/mol. The third kappa shape index (κ3) is 9.30. The van der Waals surface area contributed by atoms with Crippen LogP contribution in [0.3, 0.4) is 0 Å². The molecule has 0 bridgehead atoms. The zero-order valence-corrected chi connectivity index (χ0v) is 9.42. The number of allylic oxidation sites excluding steroid dienone is 1. The molecule has 0 aliphatic rings. The highest BCUT2D eigenvalue weighted by molar-refractivity contribution is 5.68. The number of hydrogen-bond acceptors (Lipinski definition) is 2. The van der Waals surface area contributed by atoms with E-state index in [0.29, 0.717) is 13.0 Å². The average molecular weight is 198 g/mol. The van der Waals surface area contributed by atoms with Crippen molar-refractivity contribution in [3.63, 3.8) is 0 Å². The van der Waals surface area contributed by atoms with E-state index in [1.165, 1.54) is 25.7 Å². The second-order valence-electron chi connectivity index (χ2n) is 3.36. The van der Waals surface area contributed by atoms with Gasteiger partial charge in [-0.1, -0.05) is 45.3 Å². The highest BCUT2D eigenvalue weighted by Gasteiger charge is 1.93. The second kappa shape index (κ2) is 10.3. The van der Waals surface area contributed by atoms with Crippen LogP contribution in [0.25, 0.3) is 0 Å². The highest BCUT2D eigenvalue weighted by atomic mass is 16.5. The zero-order valence-electron chi connectivity index (χ0n) is 9.42. The van der Waals surface area contributed by atoms with Gasteiger partial charge in [0.2, 0.25) is 0 Å². The number of rotatable bonds is 8. The van der Waals surface area contributed by atoms with Gasteiger partial charge in [-0.2, -0.15) is 0 Å². The number of carbonyl (C=O) groups excluding carboxylic acids is 1. The molecule has 0 aromatic rings. The summed E-state index contributed by atoms with van der Waals surface area (Å²) in [5, 5.41) is 0. The van der Waals surface area contributed by atoms with Gasteiger partial charge < -0.3 is 4.74 Å². The second-order valence-corrected chi connectivity index (χ2v) is 3.36. The molecule has 0 rings (SSSR count). The normalized spacial score (nSPS) is 10.7. The molecule has 0 spiro atoms. The van der Waals surface area contributed by atoms with E-state index in [-0.39, 0.29) is 5.97 Å². The molecule has 2 nitrogen and oxygen atoms in total. The number of unbranched alkanes of at least 4 members (excludes halogenated alkanes) is 4. The topological polar surface area (TPSA) is 26.3 Å². The van der Waals surface area contributed by atoms with Gasteiger partial charge in [0.05, 0.1) is 0 Å². The van der Waals surface area contributed by atoms with E-state index in [1.54, 1.807) is 6.92 Å². The number of esters is 1. The van der Waals surface area contributed by atoms with Crippen LogP contribution in [0.2, 0.25) is 0 Å². The van der Waals surface area contributed by atoms with Crippen LogP contribution < -0.4 is 0 Å². The van der Waals surface area contributed by atoms with Gasteiger partial charge >= 0.3 is 5.97 Å². The molecule has 82 valence electrons. The minimum atomic E-state index is -0.124.